The van der Waals surface area contributed by atoms with Gasteiger partial charge in [0.2, 0.25) is 5.91 Å². The Kier molecular flexibility index (Phi) is 5.91. The SMILES string of the molecule is O=C(CN1CCCN(c2ccc(F)cc2)CC1)NC(c1ccccc1)C1CC1. The molecule has 1 N–H and O–H groups in total. The van der Waals surface area contributed by atoms with Crippen molar-refractivity contribution in [1.29, 1.82) is 0 Å². The van der Waals surface area contributed by atoms with Crippen molar-refractivity contribution in [3.63, 3.8) is 0 Å². The minimum atomic E-state index is -0.208. The number of hydrogen-bond acceptors (Lipinski definition) is 3. The summed E-state index contributed by atoms with van der Waals surface area (Å²) in [4.78, 5) is 17.2. The molecule has 1 saturated heterocycles. The molecule has 2 aromatic rings. The summed E-state index contributed by atoms with van der Waals surface area (Å²) in [7, 11) is 0. The topological polar surface area (TPSA) is 35.6 Å². The van der Waals surface area contributed by atoms with Crippen LogP contribution in [-0.2, 0) is 4.79 Å². The third-order valence-electron chi connectivity index (χ3n) is 5.72. The summed E-state index contributed by atoms with van der Waals surface area (Å²) in [5.74, 6) is 0.473. The Morgan fingerprint density at radius 1 is 1.00 bits per heavy atom. The maximum atomic E-state index is 13.2. The standard InChI is InChI=1S/C23H28FN3O/c24-20-9-11-21(12-10-20)27-14-4-13-26(15-16-27)17-22(28)25-23(19-7-8-19)18-5-2-1-3-6-18/h1-3,5-6,9-12,19,23H,4,7-8,13-17H2,(H,25,28). The van der Waals surface area contributed by atoms with Crippen LogP contribution in [0.25, 0.3) is 0 Å². The maximum absolute atomic E-state index is 13.2. The van der Waals surface area contributed by atoms with Gasteiger partial charge in [0.15, 0.2) is 0 Å². The minimum absolute atomic E-state index is 0.107. The number of carbonyl (C=O) groups is 1. The molecular formula is C23H28FN3O. The van der Waals surface area contributed by atoms with Crippen LogP contribution >= 0.6 is 0 Å². The molecule has 4 rings (SSSR count). The number of amides is 1. The average Bonchev–Trinajstić information content (AvgIpc) is 3.55. The van der Waals surface area contributed by atoms with Crippen LogP contribution in [0, 0.1) is 11.7 Å². The van der Waals surface area contributed by atoms with Crippen molar-refractivity contribution in [3.8, 4) is 0 Å². The lowest BCUT2D eigenvalue weighted by atomic mass is 10.0. The molecule has 1 heterocycles. The third kappa shape index (κ3) is 4.90. The lowest BCUT2D eigenvalue weighted by Crippen LogP contribution is -2.41. The molecule has 1 amide bonds. The molecule has 1 unspecified atom stereocenters. The fourth-order valence-electron chi connectivity index (χ4n) is 4.02. The Morgan fingerprint density at radius 3 is 2.46 bits per heavy atom. The average molecular weight is 381 g/mol. The summed E-state index contributed by atoms with van der Waals surface area (Å²) >= 11 is 0. The number of carbonyl (C=O) groups excluding carboxylic acids is 1. The smallest absolute Gasteiger partial charge is 0.234 e. The van der Waals surface area contributed by atoms with Gasteiger partial charge in [-0.3, -0.25) is 9.69 Å². The summed E-state index contributed by atoms with van der Waals surface area (Å²) in [6, 6.07) is 17.1. The van der Waals surface area contributed by atoms with E-state index in [1.165, 1.54) is 30.5 Å². The monoisotopic (exact) mass is 381 g/mol. The molecule has 0 aromatic heterocycles. The number of nitrogens with zero attached hydrogens (tertiary/aromatic N) is 2. The van der Waals surface area contributed by atoms with Crippen LogP contribution < -0.4 is 10.2 Å². The van der Waals surface area contributed by atoms with Gasteiger partial charge in [-0.2, -0.15) is 0 Å². The number of anilines is 1. The van der Waals surface area contributed by atoms with Gasteiger partial charge in [-0.1, -0.05) is 30.3 Å². The van der Waals surface area contributed by atoms with E-state index in [1.807, 2.05) is 30.3 Å². The van der Waals surface area contributed by atoms with E-state index in [0.717, 1.165) is 38.3 Å². The van der Waals surface area contributed by atoms with Crippen LogP contribution in [-0.4, -0.2) is 43.5 Å². The van der Waals surface area contributed by atoms with Gasteiger partial charge in [-0.25, -0.2) is 4.39 Å². The summed E-state index contributed by atoms with van der Waals surface area (Å²) < 4.78 is 13.2. The van der Waals surface area contributed by atoms with Crippen LogP contribution in [0.4, 0.5) is 10.1 Å². The molecule has 0 radical (unpaired) electrons. The summed E-state index contributed by atoms with van der Waals surface area (Å²) in [6.45, 7) is 3.96. The van der Waals surface area contributed by atoms with Crippen LogP contribution in [0.5, 0.6) is 0 Å². The number of rotatable bonds is 6. The fourth-order valence-corrected chi connectivity index (χ4v) is 4.02. The molecule has 1 saturated carbocycles. The Morgan fingerprint density at radius 2 is 1.75 bits per heavy atom. The fraction of sp³-hybridized carbons (Fsp3) is 0.435. The second-order valence-electron chi connectivity index (χ2n) is 7.89. The van der Waals surface area contributed by atoms with Crippen molar-refractivity contribution in [2.24, 2.45) is 5.92 Å². The van der Waals surface area contributed by atoms with E-state index in [9.17, 15) is 9.18 Å². The quantitative estimate of drug-likeness (QED) is 0.830. The Bertz CT molecular complexity index is 776. The largest absolute Gasteiger partial charge is 0.370 e. The van der Waals surface area contributed by atoms with Crippen molar-refractivity contribution in [3.05, 3.63) is 66.0 Å². The molecule has 0 bridgehead atoms. The van der Waals surface area contributed by atoms with E-state index in [2.05, 4.69) is 27.2 Å². The highest BCUT2D eigenvalue weighted by Crippen LogP contribution is 2.40. The lowest BCUT2D eigenvalue weighted by Gasteiger charge is -2.24. The predicted octanol–water partition coefficient (Wildman–Crippen LogP) is 3.61. The Labute approximate surface area is 166 Å². The van der Waals surface area contributed by atoms with E-state index in [4.69, 9.17) is 0 Å². The summed E-state index contributed by atoms with van der Waals surface area (Å²) in [5, 5.41) is 3.28. The van der Waals surface area contributed by atoms with E-state index in [0.29, 0.717) is 12.5 Å². The van der Waals surface area contributed by atoms with Crippen LogP contribution in [0.1, 0.15) is 30.9 Å². The van der Waals surface area contributed by atoms with Gasteiger partial charge in [-0.05, 0) is 55.0 Å². The van der Waals surface area contributed by atoms with Gasteiger partial charge in [0.1, 0.15) is 5.82 Å². The molecule has 4 nitrogen and oxygen atoms in total. The zero-order valence-electron chi connectivity index (χ0n) is 16.2. The number of hydrogen-bond donors (Lipinski definition) is 1. The second-order valence-corrected chi connectivity index (χ2v) is 7.89. The van der Waals surface area contributed by atoms with Crippen molar-refractivity contribution < 1.29 is 9.18 Å². The molecule has 1 aliphatic heterocycles. The summed E-state index contributed by atoms with van der Waals surface area (Å²) in [6.07, 6.45) is 3.38. The van der Waals surface area contributed by atoms with Gasteiger partial charge in [0.05, 0.1) is 12.6 Å². The zero-order chi connectivity index (χ0) is 19.3. The van der Waals surface area contributed by atoms with Crippen molar-refractivity contribution >= 4 is 11.6 Å². The first-order valence-corrected chi connectivity index (χ1v) is 10.3. The van der Waals surface area contributed by atoms with Gasteiger partial charge in [0, 0.05) is 31.9 Å². The highest BCUT2D eigenvalue weighted by atomic mass is 19.1. The van der Waals surface area contributed by atoms with Gasteiger partial charge >= 0.3 is 0 Å². The highest BCUT2D eigenvalue weighted by Gasteiger charge is 2.33. The predicted molar refractivity (Wildman–Crippen MR) is 110 cm³/mol. The number of halogens is 1. The van der Waals surface area contributed by atoms with E-state index in [-0.39, 0.29) is 17.8 Å². The second kappa shape index (κ2) is 8.74. The maximum Gasteiger partial charge on any atom is 0.234 e. The van der Waals surface area contributed by atoms with Crippen molar-refractivity contribution in [2.75, 3.05) is 37.6 Å². The first kappa shape index (κ1) is 18.9. The molecule has 5 heteroatoms. The van der Waals surface area contributed by atoms with Crippen molar-refractivity contribution in [2.45, 2.75) is 25.3 Å². The van der Waals surface area contributed by atoms with Crippen LogP contribution in [0.2, 0.25) is 0 Å². The molecule has 2 aromatic carbocycles. The zero-order valence-corrected chi connectivity index (χ0v) is 16.2. The van der Waals surface area contributed by atoms with E-state index in [1.54, 1.807) is 0 Å². The molecule has 1 aliphatic carbocycles. The molecule has 1 atom stereocenters. The third-order valence-corrected chi connectivity index (χ3v) is 5.72. The first-order chi connectivity index (χ1) is 13.7. The van der Waals surface area contributed by atoms with Gasteiger partial charge in [0.25, 0.3) is 0 Å². The molecule has 28 heavy (non-hydrogen) atoms. The summed E-state index contributed by atoms with van der Waals surface area (Å²) in [5.41, 5.74) is 2.25. The molecule has 2 fully saturated rings. The van der Waals surface area contributed by atoms with Crippen LogP contribution in [0.3, 0.4) is 0 Å². The Balaban J connectivity index is 1.31. The van der Waals surface area contributed by atoms with Gasteiger partial charge in [-0.15, -0.1) is 0 Å². The minimum Gasteiger partial charge on any atom is -0.370 e. The van der Waals surface area contributed by atoms with Gasteiger partial charge < -0.3 is 10.2 Å². The van der Waals surface area contributed by atoms with Crippen LogP contribution in [0.15, 0.2) is 54.6 Å². The normalized spacial score (nSPS) is 19.1. The Hall–Kier alpha value is -2.40. The van der Waals surface area contributed by atoms with E-state index < -0.39 is 0 Å². The number of benzene rings is 2. The molecule has 148 valence electrons. The molecule has 2 aliphatic rings. The molecular weight excluding hydrogens is 353 g/mol. The van der Waals surface area contributed by atoms with Crippen molar-refractivity contribution in [1.82, 2.24) is 10.2 Å². The highest BCUT2D eigenvalue weighted by molar-refractivity contribution is 5.78. The molecule has 0 spiro atoms. The van der Waals surface area contributed by atoms with E-state index >= 15 is 0 Å². The first-order valence-electron chi connectivity index (χ1n) is 10.3. The lowest BCUT2D eigenvalue weighted by molar-refractivity contribution is -0.123. The number of nitrogens with one attached hydrogen (secondary N) is 1.